The van der Waals surface area contributed by atoms with Crippen LogP contribution in [0.2, 0.25) is 0 Å². The molecule has 0 aromatic heterocycles. The van der Waals surface area contributed by atoms with Gasteiger partial charge in [-0.25, -0.2) is 13.2 Å². The molecule has 2 atom stereocenters. The van der Waals surface area contributed by atoms with Gasteiger partial charge in [0, 0.05) is 12.6 Å². The number of halogens is 3. The molecule has 110 valence electrons. The molecule has 2 unspecified atom stereocenters. The van der Waals surface area contributed by atoms with Crippen LogP contribution in [0, 0.1) is 23.4 Å². The molecule has 1 fully saturated rings. The van der Waals surface area contributed by atoms with Crippen LogP contribution in [0.4, 0.5) is 13.2 Å². The van der Waals surface area contributed by atoms with Gasteiger partial charge in [-0.1, -0.05) is 0 Å². The van der Waals surface area contributed by atoms with Crippen LogP contribution in [-0.2, 0) is 0 Å². The highest BCUT2D eigenvalue weighted by Crippen LogP contribution is 2.25. The van der Waals surface area contributed by atoms with Crippen LogP contribution in [0.25, 0.3) is 0 Å². The molecule has 1 amide bonds. The van der Waals surface area contributed by atoms with Gasteiger partial charge in [-0.15, -0.1) is 0 Å². The van der Waals surface area contributed by atoms with Gasteiger partial charge in [0.25, 0.3) is 5.91 Å². The zero-order valence-corrected chi connectivity index (χ0v) is 11.2. The van der Waals surface area contributed by atoms with Crippen LogP contribution in [0.1, 0.15) is 30.1 Å². The van der Waals surface area contributed by atoms with Crippen LogP contribution < -0.4 is 5.73 Å². The van der Waals surface area contributed by atoms with E-state index in [9.17, 15) is 18.0 Å². The molecule has 0 radical (unpaired) electrons. The minimum Gasteiger partial charge on any atom is -0.336 e. The summed E-state index contributed by atoms with van der Waals surface area (Å²) in [5.41, 5.74) is 5.17. The maximum absolute atomic E-state index is 13.7. The van der Waals surface area contributed by atoms with Gasteiger partial charge in [0.2, 0.25) is 0 Å². The average Bonchev–Trinajstić information content (AvgIpc) is 2.45. The highest BCUT2D eigenvalue weighted by atomic mass is 19.2. The van der Waals surface area contributed by atoms with Gasteiger partial charge in [0.05, 0.1) is 5.56 Å². The predicted molar refractivity (Wildman–Crippen MR) is 68.6 cm³/mol. The number of carbonyl (C=O) groups is 1. The number of hydrogen-bond donors (Lipinski definition) is 1. The molecular formula is C14H17F3N2O. The van der Waals surface area contributed by atoms with E-state index in [1.807, 2.05) is 6.92 Å². The largest absolute Gasteiger partial charge is 0.336 e. The van der Waals surface area contributed by atoms with Gasteiger partial charge < -0.3 is 10.6 Å². The first-order valence-electron chi connectivity index (χ1n) is 6.60. The molecule has 0 spiro atoms. The molecule has 0 bridgehead atoms. The third-order valence-corrected chi connectivity index (χ3v) is 3.84. The van der Waals surface area contributed by atoms with Crippen LogP contribution >= 0.6 is 0 Å². The van der Waals surface area contributed by atoms with E-state index in [-0.39, 0.29) is 12.0 Å². The Morgan fingerprint density at radius 1 is 1.30 bits per heavy atom. The van der Waals surface area contributed by atoms with Crippen molar-refractivity contribution in [3.8, 4) is 0 Å². The molecule has 1 aromatic carbocycles. The van der Waals surface area contributed by atoms with Gasteiger partial charge in [-0.2, -0.15) is 0 Å². The summed E-state index contributed by atoms with van der Waals surface area (Å²) in [7, 11) is 0. The standard InChI is InChI=1S/C14H17F3N2O/c1-8-2-3-9(6-18)7-19(8)14(20)10-4-5-11(15)13(17)12(10)16/h4-5,8-9H,2-3,6-7,18H2,1H3. The van der Waals surface area contributed by atoms with Gasteiger partial charge >= 0.3 is 0 Å². The second-order valence-corrected chi connectivity index (χ2v) is 5.21. The lowest BCUT2D eigenvalue weighted by Gasteiger charge is -2.37. The molecule has 2 rings (SSSR count). The Morgan fingerprint density at radius 2 is 2.00 bits per heavy atom. The molecule has 1 saturated heterocycles. The fourth-order valence-electron chi connectivity index (χ4n) is 2.50. The minimum absolute atomic E-state index is 0.0715. The number of likely N-dealkylation sites (tertiary alicyclic amines) is 1. The molecule has 1 aromatic rings. The van der Waals surface area contributed by atoms with E-state index in [1.54, 1.807) is 0 Å². The number of rotatable bonds is 2. The molecule has 1 aliphatic rings. The smallest absolute Gasteiger partial charge is 0.257 e. The Morgan fingerprint density at radius 3 is 2.65 bits per heavy atom. The van der Waals surface area contributed by atoms with E-state index >= 15 is 0 Å². The maximum atomic E-state index is 13.7. The lowest BCUT2D eigenvalue weighted by molar-refractivity contribution is 0.0561. The second kappa shape index (κ2) is 5.83. The highest BCUT2D eigenvalue weighted by molar-refractivity contribution is 5.94. The third kappa shape index (κ3) is 2.65. The monoisotopic (exact) mass is 286 g/mol. The zero-order chi connectivity index (χ0) is 14.9. The summed E-state index contributed by atoms with van der Waals surface area (Å²) in [4.78, 5) is 13.8. The first-order chi connectivity index (χ1) is 9.45. The van der Waals surface area contributed by atoms with E-state index in [2.05, 4.69) is 0 Å². The van der Waals surface area contributed by atoms with Crippen molar-refractivity contribution < 1.29 is 18.0 Å². The Labute approximate surface area is 115 Å². The number of hydrogen-bond acceptors (Lipinski definition) is 2. The van der Waals surface area contributed by atoms with E-state index in [0.717, 1.165) is 25.0 Å². The predicted octanol–water partition coefficient (Wildman–Crippen LogP) is 2.30. The summed E-state index contributed by atoms with van der Waals surface area (Å²) >= 11 is 0. The number of amides is 1. The van der Waals surface area contributed by atoms with Crippen molar-refractivity contribution in [1.82, 2.24) is 4.90 Å². The average molecular weight is 286 g/mol. The molecule has 20 heavy (non-hydrogen) atoms. The van der Waals surface area contributed by atoms with E-state index in [4.69, 9.17) is 5.73 Å². The Kier molecular flexibility index (Phi) is 4.32. The quantitative estimate of drug-likeness (QED) is 0.848. The number of benzene rings is 1. The fraction of sp³-hybridized carbons (Fsp3) is 0.500. The Hall–Kier alpha value is -1.56. The molecule has 3 nitrogen and oxygen atoms in total. The zero-order valence-electron chi connectivity index (χ0n) is 11.2. The lowest BCUT2D eigenvalue weighted by Crippen LogP contribution is -2.47. The molecule has 6 heteroatoms. The van der Waals surface area contributed by atoms with Crippen molar-refractivity contribution >= 4 is 5.91 Å². The van der Waals surface area contributed by atoms with E-state index in [1.165, 1.54) is 4.90 Å². The highest BCUT2D eigenvalue weighted by Gasteiger charge is 2.31. The van der Waals surface area contributed by atoms with Crippen LogP contribution in [0.5, 0.6) is 0 Å². The number of nitrogens with zero attached hydrogens (tertiary/aromatic N) is 1. The van der Waals surface area contributed by atoms with Crippen LogP contribution in [0.3, 0.4) is 0 Å². The van der Waals surface area contributed by atoms with Crippen molar-refractivity contribution in [1.29, 1.82) is 0 Å². The molecular weight excluding hydrogens is 269 g/mol. The van der Waals surface area contributed by atoms with Crippen molar-refractivity contribution in [2.45, 2.75) is 25.8 Å². The van der Waals surface area contributed by atoms with Gasteiger partial charge in [-0.3, -0.25) is 4.79 Å². The topological polar surface area (TPSA) is 46.3 Å². The molecule has 2 N–H and O–H groups in total. The summed E-state index contributed by atoms with van der Waals surface area (Å²) < 4.78 is 39.8. The number of carbonyl (C=O) groups excluding carboxylic acids is 1. The Bertz CT molecular complexity index is 521. The summed E-state index contributed by atoms with van der Waals surface area (Å²) in [6, 6.07) is 1.67. The summed E-state index contributed by atoms with van der Waals surface area (Å²) in [6.07, 6.45) is 1.67. The SMILES string of the molecule is CC1CCC(CN)CN1C(=O)c1ccc(F)c(F)c1F. The molecule has 1 aliphatic heterocycles. The molecule has 0 saturated carbocycles. The maximum Gasteiger partial charge on any atom is 0.257 e. The van der Waals surface area contributed by atoms with Gasteiger partial charge in [-0.05, 0) is 44.4 Å². The van der Waals surface area contributed by atoms with Crippen LogP contribution in [0.15, 0.2) is 12.1 Å². The number of piperidine rings is 1. The second-order valence-electron chi connectivity index (χ2n) is 5.21. The summed E-state index contributed by atoms with van der Waals surface area (Å²) in [5.74, 6) is -4.81. The van der Waals surface area contributed by atoms with Crippen molar-refractivity contribution in [2.75, 3.05) is 13.1 Å². The minimum atomic E-state index is -1.61. The lowest BCUT2D eigenvalue weighted by atomic mass is 9.93. The van der Waals surface area contributed by atoms with E-state index in [0.29, 0.717) is 13.1 Å². The first kappa shape index (κ1) is 14.8. The summed E-state index contributed by atoms with van der Waals surface area (Å²) in [6.45, 7) is 2.70. The molecule has 1 heterocycles. The first-order valence-corrected chi connectivity index (χ1v) is 6.60. The summed E-state index contributed by atoms with van der Waals surface area (Å²) in [5, 5.41) is 0. The third-order valence-electron chi connectivity index (χ3n) is 3.84. The Balaban J connectivity index is 2.28. The fourth-order valence-corrected chi connectivity index (χ4v) is 2.50. The van der Waals surface area contributed by atoms with E-state index < -0.39 is 28.9 Å². The van der Waals surface area contributed by atoms with Crippen molar-refractivity contribution in [3.63, 3.8) is 0 Å². The van der Waals surface area contributed by atoms with Gasteiger partial charge in [0.1, 0.15) is 0 Å². The molecule has 0 aliphatic carbocycles. The normalized spacial score (nSPS) is 22.9. The van der Waals surface area contributed by atoms with Crippen molar-refractivity contribution in [2.24, 2.45) is 11.7 Å². The number of nitrogens with two attached hydrogens (primary N) is 1. The van der Waals surface area contributed by atoms with Crippen LogP contribution in [-0.4, -0.2) is 29.9 Å². The van der Waals surface area contributed by atoms with Gasteiger partial charge in [0.15, 0.2) is 17.5 Å². The van der Waals surface area contributed by atoms with Crippen molar-refractivity contribution in [3.05, 3.63) is 35.1 Å².